The van der Waals surface area contributed by atoms with E-state index in [9.17, 15) is 5.11 Å². The molecule has 0 bridgehead atoms. The molecule has 1 aliphatic rings. The first-order valence-corrected chi connectivity index (χ1v) is 7.71. The number of aliphatic hydroxyl groups is 1. The summed E-state index contributed by atoms with van der Waals surface area (Å²) in [5, 5.41) is 13.2. The molecule has 0 aliphatic heterocycles. The molecule has 0 saturated heterocycles. The normalized spacial score (nSPS) is 19.7. The van der Waals surface area contributed by atoms with Gasteiger partial charge in [-0.2, -0.15) is 0 Å². The van der Waals surface area contributed by atoms with Gasteiger partial charge in [0, 0.05) is 34.0 Å². The van der Waals surface area contributed by atoms with E-state index in [0.717, 1.165) is 21.8 Å². The van der Waals surface area contributed by atoms with E-state index in [0.29, 0.717) is 0 Å². The lowest BCUT2D eigenvalue weighted by Gasteiger charge is -2.31. The molecule has 22 heavy (non-hydrogen) atoms. The predicted molar refractivity (Wildman–Crippen MR) is 89.1 cm³/mol. The molecule has 112 valence electrons. The van der Waals surface area contributed by atoms with Crippen LogP contribution in [0.4, 0.5) is 0 Å². The molecule has 4 rings (SSSR count). The van der Waals surface area contributed by atoms with Gasteiger partial charge >= 0.3 is 0 Å². The fraction of sp³-hybridized carbons (Fsp3) is 0.368. The van der Waals surface area contributed by atoms with E-state index in [-0.39, 0.29) is 10.8 Å². The van der Waals surface area contributed by atoms with Crippen molar-refractivity contribution in [3.8, 4) is 0 Å². The van der Waals surface area contributed by atoms with Crippen LogP contribution in [-0.2, 0) is 10.8 Å². The van der Waals surface area contributed by atoms with E-state index >= 15 is 0 Å². The smallest absolute Gasteiger partial charge is 0.0967 e. The maximum absolute atomic E-state index is 11.0. The lowest BCUT2D eigenvalue weighted by molar-refractivity contribution is 0.0572. The quantitative estimate of drug-likeness (QED) is 0.642. The third-order valence-corrected chi connectivity index (χ3v) is 5.28. The summed E-state index contributed by atoms with van der Waals surface area (Å²) < 4.78 is 0. The van der Waals surface area contributed by atoms with Crippen molar-refractivity contribution < 1.29 is 5.11 Å². The number of hydrogen-bond acceptors (Lipinski definition) is 3. The van der Waals surface area contributed by atoms with E-state index in [4.69, 9.17) is 0 Å². The number of nitrogens with zero attached hydrogens (tertiary/aromatic N) is 2. The van der Waals surface area contributed by atoms with Gasteiger partial charge in [-0.3, -0.25) is 9.97 Å². The number of hydrogen-bond donors (Lipinski definition) is 1. The van der Waals surface area contributed by atoms with Crippen molar-refractivity contribution in [2.75, 3.05) is 0 Å². The van der Waals surface area contributed by atoms with Crippen LogP contribution in [0.15, 0.2) is 36.7 Å². The summed E-state index contributed by atoms with van der Waals surface area (Å²) >= 11 is 0. The lowest BCUT2D eigenvalue weighted by Crippen LogP contribution is -2.39. The second kappa shape index (κ2) is 4.05. The van der Waals surface area contributed by atoms with Gasteiger partial charge in [-0.25, -0.2) is 0 Å². The fourth-order valence-corrected chi connectivity index (χ4v) is 4.37. The summed E-state index contributed by atoms with van der Waals surface area (Å²) in [4.78, 5) is 9.16. The van der Waals surface area contributed by atoms with E-state index in [1.807, 2.05) is 24.5 Å². The van der Waals surface area contributed by atoms with Crippen molar-refractivity contribution in [1.29, 1.82) is 0 Å². The zero-order valence-electron chi connectivity index (χ0n) is 13.4. The first kappa shape index (κ1) is 13.6. The van der Waals surface area contributed by atoms with Crippen LogP contribution >= 0.6 is 0 Å². The summed E-state index contributed by atoms with van der Waals surface area (Å²) in [5.41, 5.74) is 3.65. The van der Waals surface area contributed by atoms with E-state index in [1.54, 1.807) is 0 Å². The maximum atomic E-state index is 11.0. The van der Waals surface area contributed by atoms with Crippen molar-refractivity contribution in [2.24, 2.45) is 0 Å². The molecule has 3 aromatic rings. The monoisotopic (exact) mass is 292 g/mol. The van der Waals surface area contributed by atoms with Crippen molar-refractivity contribution in [3.05, 3.63) is 47.8 Å². The van der Waals surface area contributed by atoms with Gasteiger partial charge < -0.3 is 5.11 Å². The van der Waals surface area contributed by atoms with Gasteiger partial charge in [0.2, 0.25) is 0 Å². The molecule has 0 spiro atoms. The van der Waals surface area contributed by atoms with Crippen LogP contribution in [0.25, 0.3) is 21.8 Å². The highest BCUT2D eigenvalue weighted by Gasteiger charge is 2.52. The highest BCUT2D eigenvalue weighted by molar-refractivity contribution is 6.08. The van der Waals surface area contributed by atoms with Crippen molar-refractivity contribution in [3.63, 3.8) is 0 Å². The second-order valence-electron chi connectivity index (χ2n) is 7.40. The summed E-state index contributed by atoms with van der Waals surface area (Å²) in [6.45, 7) is 8.50. The molecule has 1 aromatic carbocycles. The van der Waals surface area contributed by atoms with E-state index < -0.39 is 6.10 Å². The molecule has 3 nitrogen and oxygen atoms in total. The molecule has 1 aliphatic carbocycles. The topological polar surface area (TPSA) is 46.0 Å². The van der Waals surface area contributed by atoms with Gasteiger partial charge in [0.15, 0.2) is 0 Å². The molecule has 2 aromatic heterocycles. The molecular weight excluding hydrogens is 272 g/mol. The average molecular weight is 292 g/mol. The Labute approximate surface area is 130 Å². The molecular formula is C19H20N2O. The van der Waals surface area contributed by atoms with Gasteiger partial charge in [-0.15, -0.1) is 0 Å². The minimum Gasteiger partial charge on any atom is -0.391 e. The number of rotatable bonds is 0. The molecule has 0 radical (unpaired) electrons. The largest absolute Gasteiger partial charge is 0.391 e. The maximum Gasteiger partial charge on any atom is 0.0967 e. The molecule has 0 unspecified atom stereocenters. The van der Waals surface area contributed by atoms with E-state index in [2.05, 4.69) is 49.8 Å². The molecule has 0 fully saturated rings. The molecule has 0 saturated carbocycles. The number of benzene rings is 1. The van der Waals surface area contributed by atoms with Gasteiger partial charge in [-0.05, 0) is 23.3 Å². The zero-order chi connectivity index (χ0) is 15.7. The third-order valence-electron chi connectivity index (χ3n) is 5.28. The Balaban J connectivity index is 2.35. The minimum atomic E-state index is -0.441. The van der Waals surface area contributed by atoms with Gasteiger partial charge in [0.05, 0.1) is 17.1 Å². The minimum absolute atomic E-state index is 0.315. The Bertz CT molecular complexity index is 837. The highest BCUT2D eigenvalue weighted by atomic mass is 16.3. The third kappa shape index (κ3) is 1.45. The average Bonchev–Trinajstić information content (AvgIpc) is 2.66. The Morgan fingerprint density at radius 3 is 1.64 bits per heavy atom. The number of aromatic nitrogens is 2. The molecule has 0 amide bonds. The summed E-state index contributed by atoms with van der Waals surface area (Å²) in [6, 6.07) is 8.13. The highest BCUT2D eigenvalue weighted by Crippen LogP contribution is 2.54. The van der Waals surface area contributed by atoms with Gasteiger partial charge in [0.25, 0.3) is 0 Å². The molecule has 2 heterocycles. The standard InChI is InChI=1S/C19H20N2O/c1-18(2)13-11-7-5-9-20-15(11)16-12(8-6-10-21-16)14(13)19(3,4)17(18)22/h5-10,17,22H,1-4H3. The first-order chi connectivity index (χ1) is 10.4. The van der Waals surface area contributed by atoms with E-state index in [1.165, 1.54) is 11.1 Å². The van der Waals surface area contributed by atoms with Crippen LogP contribution in [0.2, 0.25) is 0 Å². The lowest BCUT2D eigenvalue weighted by atomic mass is 9.78. The van der Waals surface area contributed by atoms with Crippen LogP contribution in [-0.4, -0.2) is 21.2 Å². The fourth-order valence-electron chi connectivity index (χ4n) is 4.37. The van der Waals surface area contributed by atoms with Gasteiger partial charge in [-0.1, -0.05) is 39.8 Å². The predicted octanol–water partition coefficient (Wildman–Crippen LogP) is 3.71. The van der Waals surface area contributed by atoms with Crippen LogP contribution < -0.4 is 0 Å². The van der Waals surface area contributed by atoms with Crippen LogP contribution in [0, 0.1) is 0 Å². The zero-order valence-corrected chi connectivity index (χ0v) is 13.4. The van der Waals surface area contributed by atoms with Crippen LogP contribution in [0.5, 0.6) is 0 Å². The Hall–Kier alpha value is -2.00. The number of fused-ring (bicyclic) bond motifs is 6. The first-order valence-electron chi connectivity index (χ1n) is 7.71. The van der Waals surface area contributed by atoms with Crippen molar-refractivity contribution >= 4 is 21.8 Å². The Kier molecular flexibility index (Phi) is 2.51. The SMILES string of the molecule is CC1(C)c2c(c3cccnc3c3ncccc23)C(C)(C)C1O. The van der Waals surface area contributed by atoms with Gasteiger partial charge in [0.1, 0.15) is 0 Å². The van der Waals surface area contributed by atoms with Crippen molar-refractivity contribution in [2.45, 2.75) is 44.6 Å². The number of pyridine rings is 2. The molecule has 1 N–H and O–H groups in total. The van der Waals surface area contributed by atoms with Crippen LogP contribution in [0.3, 0.4) is 0 Å². The number of aliphatic hydroxyl groups excluding tert-OH is 1. The summed E-state index contributed by atoms with van der Waals surface area (Å²) in [6.07, 6.45) is 3.18. The summed E-state index contributed by atoms with van der Waals surface area (Å²) in [7, 11) is 0. The van der Waals surface area contributed by atoms with Crippen molar-refractivity contribution in [1.82, 2.24) is 9.97 Å². The van der Waals surface area contributed by atoms with Crippen LogP contribution in [0.1, 0.15) is 38.8 Å². The Morgan fingerprint density at radius 2 is 1.23 bits per heavy atom. The molecule has 3 heteroatoms. The summed E-state index contributed by atoms with van der Waals surface area (Å²) in [5.74, 6) is 0. The Morgan fingerprint density at radius 1 is 0.818 bits per heavy atom. The second-order valence-corrected chi connectivity index (χ2v) is 7.40. The molecule has 0 atom stereocenters.